The van der Waals surface area contributed by atoms with Crippen molar-refractivity contribution in [3.8, 4) is 0 Å². The van der Waals surface area contributed by atoms with E-state index in [4.69, 9.17) is 0 Å². The van der Waals surface area contributed by atoms with Gasteiger partial charge in [-0.05, 0) is 49.5 Å². The number of thiophene rings is 1. The number of nitrogens with zero attached hydrogens (tertiary/aromatic N) is 5. The number of aryl methyl sites for hydroxylation is 1. The van der Waals surface area contributed by atoms with Crippen LogP contribution in [0.4, 0.5) is 0 Å². The van der Waals surface area contributed by atoms with Gasteiger partial charge in [0, 0.05) is 18.0 Å². The Bertz CT molecular complexity index is 1010. The number of hydrogen-bond donors (Lipinski definition) is 0. The van der Waals surface area contributed by atoms with Gasteiger partial charge in [-0.1, -0.05) is 13.8 Å². The molecule has 1 saturated heterocycles. The Labute approximate surface area is 156 Å². The van der Waals surface area contributed by atoms with E-state index < -0.39 is 0 Å². The molecule has 6 nitrogen and oxygen atoms in total. The van der Waals surface area contributed by atoms with Crippen molar-refractivity contribution in [1.29, 1.82) is 0 Å². The number of likely N-dealkylation sites (tertiary alicyclic amines) is 1. The van der Waals surface area contributed by atoms with Crippen LogP contribution in [-0.4, -0.2) is 43.5 Å². The number of fused-ring (bicyclic) bond motifs is 5. The summed E-state index contributed by atoms with van der Waals surface area (Å²) in [6.45, 7) is 6.10. The Morgan fingerprint density at radius 1 is 1.27 bits per heavy atom. The number of amides is 1. The lowest BCUT2D eigenvalue weighted by molar-refractivity contribution is 0.0671. The van der Waals surface area contributed by atoms with Gasteiger partial charge in [-0.25, -0.2) is 14.5 Å². The zero-order valence-corrected chi connectivity index (χ0v) is 16.1. The molecule has 0 spiro atoms. The second-order valence-electron chi connectivity index (χ2n) is 7.98. The number of rotatable bonds is 1. The van der Waals surface area contributed by atoms with Gasteiger partial charge >= 0.3 is 0 Å². The van der Waals surface area contributed by atoms with E-state index >= 15 is 0 Å². The van der Waals surface area contributed by atoms with E-state index in [1.54, 1.807) is 22.2 Å². The lowest BCUT2D eigenvalue weighted by Crippen LogP contribution is -2.39. The molecular weight excluding hydrogens is 346 g/mol. The monoisotopic (exact) mass is 369 g/mol. The van der Waals surface area contributed by atoms with Crippen molar-refractivity contribution in [1.82, 2.24) is 24.5 Å². The summed E-state index contributed by atoms with van der Waals surface area (Å²) in [7, 11) is 0. The quantitative estimate of drug-likeness (QED) is 0.660. The van der Waals surface area contributed by atoms with Crippen LogP contribution in [0.3, 0.4) is 0 Å². The third kappa shape index (κ3) is 2.52. The molecule has 1 aliphatic carbocycles. The van der Waals surface area contributed by atoms with E-state index in [0.29, 0.717) is 17.7 Å². The molecule has 0 aromatic carbocycles. The molecular formula is C19H23N5OS. The van der Waals surface area contributed by atoms with Gasteiger partial charge in [-0.2, -0.15) is 0 Å². The molecule has 5 rings (SSSR count). The largest absolute Gasteiger partial charge is 0.336 e. The van der Waals surface area contributed by atoms with E-state index in [1.165, 1.54) is 23.3 Å². The predicted octanol–water partition coefficient (Wildman–Crippen LogP) is 3.34. The summed E-state index contributed by atoms with van der Waals surface area (Å²) in [5.41, 5.74) is 2.16. The minimum absolute atomic E-state index is 0.0501. The Balaban J connectivity index is 1.60. The second-order valence-corrected chi connectivity index (χ2v) is 9.06. The average Bonchev–Trinajstić information content (AvgIpc) is 3.21. The Hall–Kier alpha value is -2.02. The van der Waals surface area contributed by atoms with Gasteiger partial charge in [0.05, 0.1) is 5.39 Å². The average molecular weight is 369 g/mol. The lowest BCUT2D eigenvalue weighted by atomic mass is 9.89. The van der Waals surface area contributed by atoms with Crippen LogP contribution >= 0.6 is 11.3 Å². The first-order valence-electron chi connectivity index (χ1n) is 9.55. The van der Waals surface area contributed by atoms with Crippen molar-refractivity contribution in [2.75, 3.05) is 13.1 Å². The zero-order chi connectivity index (χ0) is 17.8. The summed E-state index contributed by atoms with van der Waals surface area (Å²) in [5, 5.41) is 5.58. The number of hydrogen-bond acceptors (Lipinski definition) is 5. The Morgan fingerprint density at radius 2 is 2.15 bits per heavy atom. The molecule has 3 aromatic heterocycles. The van der Waals surface area contributed by atoms with Crippen LogP contribution in [0.5, 0.6) is 0 Å². The number of carbonyl (C=O) groups excluding carboxylic acids is 1. The first kappa shape index (κ1) is 16.2. The van der Waals surface area contributed by atoms with Gasteiger partial charge in [-0.3, -0.25) is 4.79 Å². The number of aromatic nitrogens is 4. The Morgan fingerprint density at radius 3 is 3.00 bits per heavy atom. The van der Waals surface area contributed by atoms with Crippen LogP contribution in [-0.2, 0) is 12.8 Å². The highest BCUT2D eigenvalue weighted by atomic mass is 32.1. The van der Waals surface area contributed by atoms with Gasteiger partial charge in [0.25, 0.3) is 5.91 Å². The molecule has 2 aliphatic rings. The van der Waals surface area contributed by atoms with Crippen molar-refractivity contribution in [3.63, 3.8) is 0 Å². The third-order valence-electron chi connectivity index (χ3n) is 5.76. The van der Waals surface area contributed by atoms with E-state index in [1.807, 2.05) is 4.90 Å². The Kier molecular flexibility index (Phi) is 3.74. The molecule has 26 heavy (non-hydrogen) atoms. The molecule has 1 fully saturated rings. The summed E-state index contributed by atoms with van der Waals surface area (Å²) in [6, 6.07) is 0. The van der Waals surface area contributed by atoms with Gasteiger partial charge in [-0.15, -0.1) is 16.4 Å². The molecule has 0 bridgehead atoms. The van der Waals surface area contributed by atoms with Crippen molar-refractivity contribution in [2.45, 2.75) is 46.0 Å². The normalized spacial score (nSPS) is 23.5. The third-order valence-corrected chi connectivity index (χ3v) is 6.96. The van der Waals surface area contributed by atoms with Gasteiger partial charge in [0.1, 0.15) is 11.2 Å². The van der Waals surface area contributed by atoms with E-state index in [2.05, 4.69) is 28.9 Å². The molecule has 1 aliphatic heterocycles. The molecule has 136 valence electrons. The summed E-state index contributed by atoms with van der Waals surface area (Å²) < 4.78 is 1.69. The van der Waals surface area contributed by atoms with Crippen LogP contribution in [0, 0.1) is 11.8 Å². The number of piperidine rings is 1. The fraction of sp³-hybridized carbons (Fsp3) is 0.579. The van der Waals surface area contributed by atoms with Crippen molar-refractivity contribution in [3.05, 3.63) is 22.6 Å². The van der Waals surface area contributed by atoms with Gasteiger partial charge < -0.3 is 4.90 Å². The summed E-state index contributed by atoms with van der Waals surface area (Å²) in [4.78, 5) is 26.5. The van der Waals surface area contributed by atoms with Crippen LogP contribution in [0.25, 0.3) is 15.9 Å². The molecule has 4 heterocycles. The van der Waals surface area contributed by atoms with Gasteiger partial charge in [0.15, 0.2) is 5.65 Å². The minimum Gasteiger partial charge on any atom is -0.336 e. The standard InChI is InChI=1S/C19H23N5OS/c1-11-5-6-14-13(8-11)15-17-21-16(22-24(17)10-20-18(15)26-14)19(25)23-7-3-4-12(2)9-23/h10-12H,3-9H2,1-2H3. The van der Waals surface area contributed by atoms with Crippen molar-refractivity contribution < 1.29 is 4.79 Å². The highest BCUT2D eigenvalue weighted by Crippen LogP contribution is 2.38. The topological polar surface area (TPSA) is 63.4 Å². The second kappa shape index (κ2) is 6.01. The van der Waals surface area contributed by atoms with Crippen LogP contribution in [0.1, 0.15) is 54.2 Å². The van der Waals surface area contributed by atoms with Crippen LogP contribution in [0.2, 0.25) is 0 Å². The summed E-state index contributed by atoms with van der Waals surface area (Å²) in [5.74, 6) is 1.48. The van der Waals surface area contributed by atoms with Crippen molar-refractivity contribution >= 4 is 33.1 Å². The maximum atomic E-state index is 12.9. The highest BCUT2D eigenvalue weighted by molar-refractivity contribution is 7.19. The lowest BCUT2D eigenvalue weighted by Gasteiger charge is -2.29. The summed E-state index contributed by atoms with van der Waals surface area (Å²) >= 11 is 1.78. The fourth-order valence-corrected chi connectivity index (χ4v) is 5.53. The maximum absolute atomic E-state index is 12.9. The highest BCUT2D eigenvalue weighted by Gasteiger charge is 2.27. The number of carbonyl (C=O) groups is 1. The summed E-state index contributed by atoms with van der Waals surface area (Å²) in [6.07, 6.45) is 7.37. The molecule has 0 N–H and O–H groups in total. The van der Waals surface area contributed by atoms with E-state index in [0.717, 1.165) is 48.2 Å². The zero-order valence-electron chi connectivity index (χ0n) is 15.2. The molecule has 1 amide bonds. The first-order chi connectivity index (χ1) is 12.6. The van der Waals surface area contributed by atoms with E-state index in [9.17, 15) is 4.79 Å². The minimum atomic E-state index is -0.0501. The first-order valence-corrected chi connectivity index (χ1v) is 10.4. The van der Waals surface area contributed by atoms with Crippen molar-refractivity contribution in [2.24, 2.45) is 11.8 Å². The predicted molar refractivity (Wildman–Crippen MR) is 102 cm³/mol. The maximum Gasteiger partial charge on any atom is 0.293 e. The van der Waals surface area contributed by atoms with Crippen LogP contribution < -0.4 is 0 Å². The SMILES string of the molecule is CC1CCc2sc3ncn4nc(C(=O)N5CCCC(C)C5)nc4c3c2C1. The van der Waals surface area contributed by atoms with Crippen LogP contribution in [0.15, 0.2) is 6.33 Å². The molecule has 0 saturated carbocycles. The molecule has 3 aromatic rings. The molecule has 2 atom stereocenters. The van der Waals surface area contributed by atoms with E-state index in [-0.39, 0.29) is 5.91 Å². The smallest absolute Gasteiger partial charge is 0.293 e. The molecule has 2 unspecified atom stereocenters. The fourth-order valence-electron chi connectivity index (χ4n) is 4.35. The van der Waals surface area contributed by atoms with Gasteiger partial charge in [0.2, 0.25) is 5.82 Å². The molecule has 7 heteroatoms. The molecule has 0 radical (unpaired) electrons.